The molecule has 0 saturated carbocycles. The second kappa shape index (κ2) is 4.46. The van der Waals surface area contributed by atoms with Crippen LogP contribution in [0.15, 0.2) is 24.5 Å². The van der Waals surface area contributed by atoms with Gasteiger partial charge in [-0.15, -0.1) is 11.3 Å². The van der Waals surface area contributed by atoms with Crippen LogP contribution in [-0.2, 0) is 6.54 Å². The van der Waals surface area contributed by atoms with Gasteiger partial charge in [0.15, 0.2) is 5.82 Å². The van der Waals surface area contributed by atoms with Gasteiger partial charge in [-0.3, -0.25) is 4.98 Å². The molecule has 0 aliphatic carbocycles. The molecule has 5 heteroatoms. The first kappa shape index (κ1) is 10.2. The van der Waals surface area contributed by atoms with Crippen molar-refractivity contribution in [1.29, 1.82) is 0 Å². The van der Waals surface area contributed by atoms with Gasteiger partial charge >= 0.3 is 0 Å². The third-order valence-electron chi connectivity index (χ3n) is 1.87. The Kier molecular flexibility index (Phi) is 3.03. The van der Waals surface area contributed by atoms with Crippen LogP contribution >= 0.6 is 11.3 Å². The first-order chi connectivity index (χ1) is 7.31. The van der Waals surface area contributed by atoms with Crippen LogP contribution in [0.5, 0.6) is 0 Å². The van der Waals surface area contributed by atoms with Crippen molar-refractivity contribution < 1.29 is 4.39 Å². The SMILES string of the molecule is CNCc1cnc(-c2ncccc2F)s1. The summed E-state index contributed by atoms with van der Waals surface area (Å²) in [7, 11) is 1.86. The zero-order valence-corrected chi connectivity index (χ0v) is 9.01. The Morgan fingerprint density at radius 3 is 3.07 bits per heavy atom. The summed E-state index contributed by atoms with van der Waals surface area (Å²) >= 11 is 1.45. The minimum atomic E-state index is -0.331. The number of halogens is 1. The summed E-state index contributed by atoms with van der Waals surface area (Å²) < 4.78 is 13.4. The molecule has 78 valence electrons. The highest BCUT2D eigenvalue weighted by atomic mass is 32.1. The molecule has 15 heavy (non-hydrogen) atoms. The zero-order valence-electron chi connectivity index (χ0n) is 8.20. The van der Waals surface area contributed by atoms with Gasteiger partial charge in [-0.05, 0) is 19.2 Å². The lowest BCUT2D eigenvalue weighted by molar-refractivity contribution is 0.625. The Hall–Kier alpha value is -1.33. The number of aromatic nitrogens is 2. The van der Waals surface area contributed by atoms with Crippen LogP contribution in [0.25, 0.3) is 10.7 Å². The van der Waals surface area contributed by atoms with Gasteiger partial charge in [-0.1, -0.05) is 0 Å². The number of hydrogen-bond acceptors (Lipinski definition) is 4. The fourth-order valence-electron chi connectivity index (χ4n) is 1.22. The van der Waals surface area contributed by atoms with Crippen molar-refractivity contribution in [3.05, 3.63) is 35.2 Å². The number of pyridine rings is 1. The summed E-state index contributed by atoms with van der Waals surface area (Å²) in [6, 6.07) is 2.96. The molecule has 2 rings (SSSR count). The number of thiazole rings is 1. The van der Waals surface area contributed by atoms with Crippen LogP contribution in [0, 0.1) is 5.82 Å². The fourth-order valence-corrected chi connectivity index (χ4v) is 2.14. The van der Waals surface area contributed by atoms with Crippen molar-refractivity contribution in [2.45, 2.75) is 6.54 Å². The van der Waals surface area contributed by atoms with Gasteiger partial charge in [-0.2, -0.15) is 0 Å². The van der Waals surface area contributed by atoms with E-state index in [4.69, 9.17) is 0 Å². The standard InChI is InChI=1S/C10H10FN3S/c1-12-5-7-6-14-10(15-7)9-8(11)3-2-4-13-9/h2-4,6,12H,5H2,1H3. The summed E-state index contributed by atoms with van der Waals surface area (Å²) in [6.45, 7) is 0.742. The number of nitrogens with one attached hydrogen (secondary N) is 1. The van der Waals surface area contributed by atoms with Gasteiger partial charge in [0.05, 0.1) is 0 Å². The largest absolute Gasteiger partial charge is 0.315 e. The topological polar surface area (TPSA) is 37.8 Å². The van der Waals surface area contributed by atoms with Crippen molar-refractivity contribution in [3.63, 3.8) is 0 Å². The van der Waals surface area contributed by atoms with E-state index >= 15 is 0 Å². The maximum atomic E-state index is 13.4. The molecule has 0 saturated heterocycles. The first-order valence-corrected chi connectivity index (χ1v) is 5.33. The van der Waals surface area contributed by atoms with E-state index in [2.05, 4.69) is 15.3 Å². The van der Waals surface area contributed by atoms with E-state index in [1.165, 1.54) is 17.4 Å². The molecular weight excluding hydrogens is 213 g/mol. The smallest absolute Gasteiger partial charge is 0.151 e. The lowest BCUT2D eigenvalue weighted by Gasteiger charge is -1.95. The Morgan fingerprint density at radius 1 is 1.47 bits per heavy atom. The van der Waals surface area contributed by atoms with E-state index in [9.17, 15) is 4.39 Å². The predicted octanol–water partition coefficient (Wildman–Crippen LogP) is 2.06. The Labute approximate surface area is 91.0 Å². The van der Waals surface area contributed by atoms with Crippen molar-refractivity contribution in [2.24, 2.45) is 0 Å². The summed E-state index contributed by atoms with van der Waals surface area (Å²) in [5, 5.41) is 3.64. The zero-order chi connectivity index (χ0) is 10.7. The molecule has 0 spiro atoms. The third kappa shape index (κ3) is 2.19. The van der Waals surface area contributed by atoms with Crippen LogP contribution in [0.2, 0.25) is 0 Å². The Balaban J connectivity index is 2.33. The fraction of sp³-hybridized carbons (Fsp3) is 0.200. The molecule has 0 fully saturated rings. The quantitative estimate of drug-likeness (QED) is 0.865. The molecule has 2 aromatic rings. The summed E-state index contributed by atoms with van der Waals surface area (Å²) in [4.78, 5) is 9.18. The van der Waals surface area contributed by atoms with E-state index in [1.807, 2.05) is 7.05 Å². The lowest BCUT2D eigenvalue weighted by Crippen LogP contribution is -2.02. The van der Waals surface area contributed by atoms with Crippen molar-refractivity contribution >= 4 is 11.3 Å². The lowest BCUT2D eigenvalue weighted by atomic mass is 10.3. The monoisotopic (exact) mass is 223 g/mol. The Bertz CT molecular complexity index is 455. The Morgan fingerprint density at radius 2 is 2.33 bits per heavy atom. The van der Waals surface area contributed by atoms with Gasteiger partial charge in [0.25, 0.3) is 0 Å². The molecule has 0 atom stereocenters. The van der Waals surface area contributed by atoms with Crippen molar-refractivity contribution in [3.8, 4) is 10.7 Å². The van der Waals surface area contributed by atoms with Crippen LogP contribution in [0.4, 0.5) is 4.39 Å². The molecule has 3 nitrogen and oxygen atoms in total. The second-order valence-corrected chi connectivity index (χ2v) is 4.11. The molecule has 0 aliphatic rings. The normalized spacial score (nSPS) is 10.5. The molecule has 1 N–H and O–H groups in total. The van der Waals surface area contributed by atoms with Crippen molar-refractivity contribution in [1.82, 2.24) is 15.3 Å². The van der Waals surface area contributed by atoms with E-state index in [0.717, 1.165) is 11.4 Å². The molecule has 0 bridgehead atoms. The molecule has 0 amide bonds. The minimum Gasteiger partial charge on any atom is -0.315 e. The molecule has 0 aliphatic heterocycles. The average Bonchev–Trinajstić information content (AvgIpc) is 2.68. The van der Waals surface area contributed by atoms with E-state index < -0.39 is 0 Å². The van der Waals surface area contributed by atoms with Crippen LogP contribution in [-0.4, -0.2) is 17.0 Å². The van der Waals surface area contributed by atoms with Crippen LogP contribution in [0.1, 0.15) is 4.88 Å². The van der Waals surface area contributed by atoms with Gasteiger partial charge in [0.1, 0.15) is 10.7 Å². The second-order valence-electron chi connectivity index (χ2n) is 3.00. The minimum absolute atomic E-state index is 0.324. The highest BCUT2D eigenvalue weighted by molar-refractivity contribution is 7.14. The number of hydrogen-bond donors (Lipinski definition) is 1. The van der Waals surface area contributed by atoms with E-state index in [0.29, 0.717) is 10.7 Å². The first-order valence-electron chi connectivity index (χ1n) is 4.51. The molecule has 0 radical (unpaired) electrons. The maximum Gasteiger partial charge on any atom is 0.151 e. The summed E-state index contributed by atoms with van der Waals surface area (Å²) in [5.74, 6) is -0.331. The van der Waals surface area contributed by atoms with Crippen LogP contribution in [0.3, 0.4) is 0 Å². The molecule has 0 unspecified atom stereocenters. The average molecular weight is 223 g/mol. The summed E-state index contributed by atoms with van der Waals surface area (Å²) in [5.41, 5.74) is 0.324. The van der Waals surface area contributed by atoms with Crippen molar-refractivity contribution in [2.75, 3.05) is 7.05 Å². The highest BCUT2D eigenvalue weighted by Gasteiger charge is 2.09. The summed E-state index contributed by atoms with van der Waals surface area (Å²) in [6.07, 6.45) is 3.31. The predicted molar refractivity (Wildman–Crippen MR) is 58.1 cm³/mol. The highest BCUT2D eigenvalue weighted by Crippen LogP contribution is 2.25. The van der Waals surface area contributed by atoms with E-state index in [-0.39, 0.29) is 5.82 Å². The molecule has 2 aromatic heterocycles. The molecular formula is C10H10FN3S. The van der Waals surface area contributed by atoms with Gasteiger partial charge < -0.3 is 5.32 Å². The number of rotatable bonds is 3. The maximum absolute atomic E-state index is 13.4. The molecule has 0 aromatic carbocycles. The van der Waals surface area contributed by atoms with Gasteiger partial charge in [0, 0.05) is 23.8 Å². The number of nitrogens with zero attached hydrogens (tertiary/aromatic N) is 2. The van der Waals surface area contributed by atoms with Crippen LogP contribution < -0.4 is 5.32 Å². The third-order valence-corrected chi connectivity index (χ3v) is 2.87. The van der Waals surface area contributed by atoms with E-state index in [1.54, 1.807) is 18.5 Å². The molecule has 2 heterocycles. The van der Waals surface area contributed by atoms with Gasteiger partial charge in [0.2, 0.25) is 0 Å². The van der Waals surface area contributed by atoms with Gasteiger partial charge in [-0.25, -0.2) is 9.37 Å².